The number of aromatic nitrogens is 2. The molecule has 1 aromatic heterocycles. The normalized spacial score (nSPS) is 13.5. The molecule has 0 spiro atoms. The van der Waals surface area contributed by atoms with E-state index in [9.17, 15) is 0 Å². The smallest absolute Gasteiger partial charge is 0.243 e. The van der Waals surface area contributed by atoms with Crippen LogP contribution in [0.4, 0.5) is 5.69 Å². The highest BCUT2D eigenvalue weighted by Crippen LogP contribution is 2.28. The lowest BCUT2D eigenvalue weighted by Gasteiger charge is -2.19. The van der Waals surface area contributed by atoms with Crippen molar-refractivity contribution in [2.45, 2.75) is 6.92 Å². The molecule has 0 radical (unpaired) electrons. The van der Waals surface area contributed by atoms with Gasteiger partial charge in [-0.25, -0.2) is 0 Å². The maximum absolute atomic E-state index is 6.12. The van der Waals surface area contributed by atoms with Crippen molar-refractivity contribution in [3.05, 3.63) is 79.1 Å². The highest BCUT2D eigenvalue weighted by molar-refractivity contribution is 5.54. The Balaban J connectivity index is 1.57. The number of aryl methyl sites for hydroxylation is 2. The molecular formula is C21H22N4O. The van der Waals surface area contributed by atoms with Gasteiger partial charge in [0, 0.05) is 43.1 Å². The number of imidazole rings is 1. The first-order chi connectivity index (χ1) is 12.6. The first-order valence-corrected chi connectivity index (χ1v) is 8.59. The predicted molar refractivity (Wildman–Crippen MR) is 101 cm³/mol. The molecule has 26 heavy (non-hydrogen) atoms. The van der Waals surface area contributed by atoms with Gasteiger partial charge in [0.2, 0.25) is 6.33 Å². The van der Waals surface area contributed by atoms with Crippen LogP contribution < -0.4 is 14.2 Å². The summed E-state index contributed by atoms with van der Waals surface area (Å²) in [4.78, 5) is 4.31. The van der Waals surface area contributed by atoms with Crippen molar-refractivity contribution in [2.75, 3.05) is 18.6 Å². The molecule has 0 amide bonds. The van der Waals surface area contributed by atoms with Crippen molar-refractivity contribution >= 4 is 5.69 Å². The standard InChI is InChI=1S/C21H22N4O/c1-17-14-23(3)16-25(17)19-7-5-9-21(13-19)26-20-8-4-6-18(12-20)24-11-10-22(2)15-24/h4-14H,15H2,1-3H3. The first-order valence-electron chi connectivity index (χ1n) is 8.59. The molecule has 0 fully saturated rings. The highest BCUT2D eigenvalue weighted by atomic mass is 16.5. The average Bonchev–Trinajstić information content (AvgIpc) is 3.20. The third-order valence-corrected chi connectivity index (χ3v) is 4.33. The molecule has 0 bridgehead atoms. The summed E-state index contributed by atoms with van der Waals surface area (Å²) in [7, 11) is 4.03. The van der Waals surface area contributed by atoms with E-state index in [4.69, 9.17) is 4.74 Å². The molecule has 0 saturated heterocycles. The fourth-order valence-corrected chi connectivity index (χ4v) is 3.11. The van der Waals surface area contributed by atoms with Crippen LogP contribution in [0.1, 0.15) is 5.69 Å². The quantitative estimate of drug-likeness (QED) is 0.535. The van der Waals surface area contributed by atoms with E-state index in [0.29, 0.717) is 0 Å². The highest BCUT2D eigenvalue weighted by Gasteiger charge is 2.11. The van der Waals surface area contributed by atoms with E-state index in [1.165, 1.54) is 0 Å². The predicted octanol–water partition coefficient (Wildman–Crippen LogP) is 3.38. The molecule has 2 heterocycles. The van der Waals surface area contributed by atoms with E-state index in [2.05, 4.69) is 60.7 Å². The number of ether oxygens (including phenoxy) is 1. The van der Waals surface area contributed by atoms with Gasteiger partial charge in [-0.3, -0.25) is 0 Å². The minimum atomic E-state index is 0.804. The Hall–Kier alpha value is -3.21. The van der Waals surface area contributed by atoms with Crippen molar-refractivity contribution in [3.63, 3.8) is 0 Å². The molecule has 1 aliphatic rings. The van der Waals surface area contributed by atoms with Crippen LogP contribution in [0, 0.1) is 13.3 Å². The van der Waals surface area contributed by atoms with Crippen molar-refractivity contribution in [2.24, 2.45) is 7.05 Å². The number of hydrogen-bond acceptors (Lipinski definition) is 3. The molecule has 0 atom stereocenters. The molecule has 5 nitrogen and oxygen atoms in total. The summed E-state index contributed by atoms with van der Waals surface area (Å²) in [5.74, 6) is 1.62. The van der Waals surface area contributed by atoms with E-state index in [-0.39, 0.29) is 0 Å². The summed E-state index contributed by atoms with van der Waals surface area (Å²) in [5, 5.41) is 0. The molecule has 3 aromatic rings. The van der Waals surface area contributed by atoms with Crippen LogP contribution in [0.5, 0.6) is 11.5 Å². The molecule has 132 valence electrons. The monoisotopic (exact) mass is 346 g/mol. The summed E-state index contributed by atoms with van der Waals surface area (Å²) in [5.41, 5.74) is 3.26. The number of benzene rings is 2. The minimum absolute atomic E-state index is 0.804. The fraction of sp³-hybridized carbons (Fsp3) is 0.190. The lowest BCUT2D eigenvalue weighted by molar-refractivity contribution is -0.675. The first kappa shape index (κ1) is 16.3. The van der Waals surface area contributed by atoms with Gasteiger partial charge in [-0.2, -0.15) is 0 Å². The molecule has 2 aromatic carbocycles. The second-order valence-electron chi connectivity index (χ2n) is 6.58. The molecule has 0 N–H and O–H groups in total. The Morgan fingerprint density at radius 1 is 1.00 bits per heavy atom. The zero-order valence-electron chi connectivity index (χ0n) is 15.3. The zero-order chi connectivity index (χ0) is 18.1. The Labute approximate surface area is 154 Å². The Bertz CT molecular complexity index is 960. The van der Waals surface area contributed by atoms with Gasteiger partial charge in [-0.05, 0) is 31.2 Å². The van der Waals surface area contributed by atoms with Crippen LogP contribution in [0.3, 0.4) is 0 Å². The Kier molecular flexibility index (Phi) is 4.13. The zero-order valence-corrected chi connectivity index (χ0v) is 15.3. The number of hydrogen-bond donors (Lipinski definition) is 0. The average molecular weight is 346 g/mol. The molecule has 4 rings (SSSR count). The summed E-state index contributed by atoms with van der Waals surface area (Å²) < 4.78 is 10.1. The van der Waals surface area contributed by atoms with Crippen molar-refractivity contribution in [1.82, 2.24) is 9.47 Å². The fourth-order valence-electron chi connectivity index (χ4n) is 3.11. The van der Waals surface area contributed by atoms with Gasteiger partial charge in [0.25, 0.3) is 0 Å². The van der Waals surface area contributed by atoms with Gasteiger partial charge in [-0.15, -0.1) is 0 Å². The lowest BCUT2D eigenvalue weighted by Crippen LogP contribution is -2.24. The van der Waals surface area contributed by atoms with E-state index in [1.807, 2.05) is 52.7 Å². The topological polar surface area (TPSA) is 24.5 Å². The molecule has 1 aliphatic heterocycles. The van der Waals surface area contributed by atoms with Crippen LogP contribution in [0.25, 0.3) is 5.69 Å². The van der Waals surface area contributed by atoms with Crippen LogP contribution in [-0.2, 0) is 7.05 Å². The van der Waals surface area contributed by atoms with Gasteiger partial charge < -0.3 is 23.7 Å². The lowest BCUT2D eigenvalue weighted by atomic mass is 10.2. The third kappa shape index (κ3) is 3.28. The second kappa shape index (κ2) is 6.59. The van der Waals surface area contributed by atoms with Gasteiger partial charge in [0.1, 0.15) is 11.5 Å². The molecular weight excluding hydrogens is 324 g/mol. The van der Waals surface area contributed by atoms with E-state index >= 15 is 0 Å². The van der Waals surface area contributed by atoms with Crippen molar-refractivity contribution in [3.8, 4) is 17.2 Å². The number of rotatable bonds is 4. The van der Waals surface area contributed by atoms with Crippen LogP contribution >= 0.6 is 0 Å². The van der Waals surface area contributed by atoms with Gasteiger partial charge in [0.15, 0.2) is 0 Å². The summed E-state index contributed by atoms with van der Waals surface area (Å²) in [6.45, 7) is 2.91. The van der Waals surface area contributed by atoms with Crippen LogP contribution in [0.15, 0.2) is 67.1 Å². The van der Waals surface area contributed by atoms with Gasteiger partial charge in [-0.1, -0.05) is 18.2 Å². The van der Waals surface area contributed by atoms with E-state index in [0.717, 1.165) is 35.2 Å². The molecule has 0 aliphatic carbocycles. The maximum atomic E-state index is 6.12. The third-order valence-electron chi connectivity index (χ3n) is 4.33. The number of anilines is 1. The Morgan fingerprint density at radius 2 is 1.69 bits per heavy atom. The molecule has 0 saturated carbocycles. The summed E-state index contributed by atoms with van der Waals surface area (Å²) in [6.07, 6.45) is 9.44. The SMILES string of the molecule is Cc1c[n+](C)[c-]n1-c1cccc(Oc2cccc(N3C=CN(C)C3)c2)c1. The van der Waals surface area contributed by atoms with Crippen molar-refractivity contribution in [1.29, 1.82) is 0 Å². The van der Waals surface area contributed by atoms with E-state index < -0.39 is 0 Å². The molecule has 0 unspecified atom stereocenters. The van der Waals surface area contributed by atoms with Crippen LogP contribution in [-0.4, -0.2) is 23.2 Å². The number of nitrogens with zero attached hydrogens (tertiary/aromatic N) is 4. The van der Waals surface area contributed by atoms with Crippen LogP contribution in [0.2, 0.25) is 0 Å². The second-order valence-corrected chi connectivity index (χ2v) is 6.58. The van der Waals surface area contributed by atoms with Crippen molar-refractivity contribution < 1.29 is 9.30 Å². The summed E-state index contributed by atoms with van der Waals surface area (Å²) >= 11 is 0. The minimum Gasteiger partial charge on any atom is -0.458 e. The summed E-state index contributed by atoms with van der Waals surface area (Å²) in [6, 6.07) is 16.2. The maximum Gasteiger partial charge on any atom is 0.243 e. The van der Waals surface area contributed by atoms with E-state index in [1.54, 1.807) is 0 Å². The largest absolute Gasteiger partial charge is 0.458 e. The van der Waals surface area contributed by atoms with Gasteiger partial charge in [0.05, 0.1) is 19.4 Å². The molecule has 5 heteroatoms. The van der Waals surface area contributed by atoms with Gasteiger partial charge >= 0.3 is 0 Å². The Morgan fingerprint density at radius 3 is 2.31 bits per heavy atom.